The smallest absolute Gasteiger partial charge is 0.225 e. The molecule has 1 aromatic heterocycles. The minimum atomic E-state index is -3.20. The Balaban J connectivity index is 1.85. The lowest BCUT2D eigenvalue weighted by Gasteiger charge is -2.29. The van der Waals surface area contributed by atoms with Gasteiger partial charge in [0.25, 0.3) is 0 Å². The zero-order valence-corrected chi connectivity index (χ0v) is 13.7. The van der Waals surface area contributed by atoms with Crippen molar-refractivity contribution in [1.82, 2.24) is 9.97 Å². The molecule has 23 heavy (non-hydrogen) atoms. The van der Waals surface area contributed by atoms with Gasteiger partial charge in [-0.2, -0.15) is 0 Å². The third kappa shape index (κ3) is 3.68. The molecule has 1 fully saturated rings. The van der Waals surface area contributed by atoms with Crippen LogP contribution in [0.1, 0.15) is 12.8 Å². The Morgan fingerprint density at radius 3 is 2.39 bits per heavy atom. The van der Waals surface area contributed by atoms with Gasteiger partial charge in [0.05, 0.1) is 16.7 Å². The minimum Gasteiger partial charge on any atom is -0.393 e. The van der Waals surface area contributed by atoms with Crippen molar-refractivity contribution in [3.05, 3.63) is 36.5 Å². The molecule has 0 saturated carbocycles. The second-order valence-electron chi connectivity index (χ2n) is 5.76. The zero-order chi connectivity index (χ0) is 16.4. The predicted octanol–water partition coefficient (Wildman–Crippen LogP) is 1.51. The molecule has 1 saturated heterocycles. The highest BCUT2D eigenvalue weighted by Crippen LogP contribution is 2.22. The quantitative estimate of drug-likeness (QED) is 0.917. The van der Waals surface area contributed by atoms with Gasteiger partial charge in [0.2, 0.25) is 5.95 Å². The summed E-state index contributed by atoms with van der Waals surface area (Å²) in [7, 11) is -3.20. The number of aliphatic hydroxyl groups excluding tert-OH is 1. The summed E-state index contributed by atoms with van der Waals surface area (Å²) >= 11 is 0. The van der Waals surface area contributed by atoms with E-state index < -0.39 is 9.84 Å². The van der Waals surface area contributed by atoms with Crippen LogP contribution in [-0.4, -0.2) is 48.9 Å². The predicted molar refractivity (Wildman–Crippen MR) is 88.0 cm³/mol. The normalized spacial score (nSPS) is 16.5. The molecule has 1 N–H and O–H groups in total. The molecule has 6 nitrogen and oxygen atoms in total. The van der Waals surface area contributed by atoms with E-state index in [1.807, 2.05) is 0 Å². The number of hydrogen-bond donors (Lipinski definition) is 1. The number of aromatic nitrogens is 2. The van der Waals surface area contributed by atoms with Crippen LogP contribution in [0.15, 0.2) is 41.4 Å². The molecule has 0 aliphatic carbocycles. The van der Waals surface area contributed by atoms with Crippen molar-refractivity contribution in [2.75, 3.05) is 24.2 Å². The summed E-state index contributed by atoms with van der Waals surface area (Å²) in [6.07, 6.45) is 4.09. The zero-order valence-electron chi connectivity index (χ0n) is 12.9. The number of aliphatic hydroxyl groups is 1. The fraction of sp³-hybridized carbons (Fsp3) is 0.375. The molecular formula is C16H19N3O3S. The lowest BCUT2D eigenvalue weighted by Crippen LogP contribution is -2.36. The van der Waals surface area contributed by atoms with Crippen LogP contribution in [-0.2, 0) is 9.84 Å². The van der Waals surface area contributed by atoms with Crippen LogP contribution >= 0.6 is 0 Å². The summed E-state index contributed by atoms with van der Waals surface area (Å²) in [5, 5.41) is 9.58. The number of benzene rings is 1. The van der Waals surface area contributed by atoms with Crippen molar-refractivity contribution < 1.29 is 13.5 Å². The maximum absolute atomic E-state index is 11.5. The number of anilines is 1. The van der Waals surface area contributed by atoms with Gasteiger partial charge in [-0.1, -0.05) is 12.1 Å². The molecule has 122 valence electrons. The topological polar surface area (TPSA) is 83.4 Å². The van der Waals surface area contributed by atoms with Crippen LogP contribution in [0.5, 0.6) is 0 Å². The molecule has 0 atom stereocenters. The van der Waals surface area contributed by atoms with Crippen LogP contribution in [0.2, 0.25) is 0 Å². The van der Waals surface area contributed by atoms with E-state index in [-0.39, 0.29) is 6.10 Å². The third-order valence-electron chi connectivity index (χ3n) is 3.97. The van der Waals surface area contributed by atoms with Crippen molar-refractivity contribution >= 4 is 15.8 Å². The molecule has 0 unspecified atom stereocenters. The van der Waals surface area contributed by atoms with Crippen LogP contribution in [0.4, 0.5) is 5.95 Å². The monoisotopic (exact) mass is 333 g/mol. The van der Waals surface area contributed by atoms with Crippen molar-refractivity contribution in [3.8, 4) is 11.3 Å². The maximum Gasteiger partial charge on any atom is 0.225 e. The number of sulfone groups is 1. The SMILES string of the molecule is CS(=O)(=O)c1ccc(-c2ccnc(N3CCC(O)CC3)n2)cc1. The van der Waals surface area contributed by atoms with Crippen molar-refractivity contribution in [1.29, 1.82) is 0 Å². The van der Waals surface area contributed by atoms with Gasteiger partial charge in [-0.25, -0.2) is 18.4 Å². The highest BCUT2D eigenvalue weighted by Gasteiger charge is 2.19. The van der Waals surface area contributed by atoms with Gasteiger partial charge < -0.3 is 10.0 Å². The van der Waals surface area contributed by atoms with E-state index in [1.165, 1.54) is 6.26 Å². The summed E-state index contributed by atoms with van der Waals surface area (Å²) in [6.45, 7) is 1.47. The lowest BCUT2D eigenvalue weighted by atomic mass is 10.1. The van der Waals surface area contributed by atoms with Crippen molar-refractivity contribution in [3.63, 3.8) is 0 Å². The average Bonchev–Trinajstić information content (AvgIpc) is 2.55. The summed E-state index contributed by atoms with van der Waals surface area (Å²) < 4.78 is 23.0. The van der Waals surface area contributed by atoms with Crippen molar-refractivity contribution in [2.45, 2.75) is 23.8 Å². The highest BCUT2D eigenvalue weighted by molar-refractivity contribution is 7.90. The average molecular weight is 333 g/mol. The lowest BCUT2D eigenvalue weighted by molar-refractivity contribution is 0.145. The molecule has 0 bridgehead atoms. The fourth-order valence-electron chi connectivity index (χ4n) is 2.60. The van der Waals surface area contributed by atoms with Gasteiger partial charge in [0.15, 0.2) is 9.84 Å². The third-order valence-corrected chi connectivity index (χ3v) is 5.10. The Bertz CT molecular complexity index is 782. The molecule has 1 aliphatic heterocycles. The molecule has 1 aromatic carbocycles. The van der Waals surface area contributed by atoms with Crippen LogP contribution in [0.25, 0.3) is 11.3 Å². The summed E-state index contributed by atoms with van der Waals surface area (Å²) in [5.41, 5.74) is 1.60. The number of hydrogen-bond acceptors (Lipinski definition) is 6. The summed E-state index contributed by atoms with van der Waals surface area (Å²) in [4.78, 5) is 11.2. The Morgan fingerprint density at radius 1 is 1.13 bits per heavy atom. The Morgan fingerprint density at radius 2 is 1.78 bits per heavy atom. The summed E-state index contributed by atoms with van der Waals surface area (Å²) in [6, 6.07) is 8.48. The molecule has 0 amide bonds. The first-order valence-electron chi connectivity index (χ1n) is 7.50. The molecular weight excluding hydrogens is 314 g/mol. The number of rotatable bonds is 3. The minimum absolute atomic E-state index is 0.238. The highest BCUT2D eigenvalue weighted by atomic mass is 32.2. The van der Waals surface area contributed by atoms with E-state index in [0.717, 1.165) is 37.2 Å². The standard InChI is InChI=1S/C16H19N3O3S/c1-23(21,22)14-4-2-12(3-5-14)15-6-9-17-16(18-15)19-10-7-13(20)8-11-19/h2-6,9,13,20H,7-8,10-11H2,1H3. The van der Waals surface area contributed by atoms with Gasteiger partial charge >= 0.3 is 0 Å². The first-order valence-corrected chi connectivity index (χ1v) is 9.39. The Kier molecular flexibility index (Phi) is 4.32. The van der Waals surface area contributed by atoms with Crippen LogP contribution in [0, 0.1) is 0 Å². The van der Waals surface area contributed by atoms with E-state index in [9.17, 15) is 13.5 Å². The van der Waals surface area contributed by atoms with Gasteiger partial charge in [-0.05, 0) is 31.0 Å². The Hall–Kier alpha value is -1.99. The number of piperidine rings is 1. The van der Waals surface area contributed by atoms with E-state index in [1.54, 1.807) is 36.5 Å². The van der Waals surface area contributed by atoms with E-state index >= 15 is 0 Å². The largest absolute Gasteiger partial charge is 0.393 e. The van der Waals surface area contributed by atoms with E-state index in [0.29, 0.717) is 10.8 Å². The first kappa shape index (κ1) is 15.9. The Labute approximate surface area is 135 Å². The van der Waals surface area contributed by atoms with Crippen LogP contribution in [0.3, 0.4) is 0 Å². The van der Waals surface area contributed by atoms with E-state index in [4.69, 9.17) is 0 Å². The fourth-order valence-corrected chi connectivity index (χ4v) is 3.23. The van der Waals surface area contributed by atoms with Crippen molar-refractivity contribution in [2.24, 2.45) is 0 Å². The van der Waals surface area contributed by atoms with Gasteiger partial charge in [-0.3, -0.25) is 0 Å². The van der Waals surface area contributed by atoms with Gasteiger partial charge in [0, 0.05) is 31.1 Å². The molecule has 1 aliphatic rings. The first-order chi connectivity index (χ1) is 10.9. The second kappa shape index (κ2) is 6.25. The summed E-state index contributed by atoms with van der Waals surface area (Å²) in [5.74, 6) is 0.640. The molecule has 0 radical (unpaired) electrons. The van der Waals surface area contributed by atoms with Gasteiger partial charge in [0.1, 0.15) is 0 Å². The maximum atomic E-state index is 11.5. The molecule has 2 aromatic rings. The van der Waals surface area contributed by atoms with Crippen LogP contribution < -0.4 is 4.90 Å². The van der Waals surface area contributed by atoms with E-state index in [2.05, 4.69) is 14.9 Å². The molecule has 0 spiro atoms. The van der Waals surface area contributed by atoms with Gasteiger partial charge in [-0.15, -0.1) is 0 Å². The number of nitrogens with zero attached hydrogens (tertiary/aromatic N) is 3. The molecule has 2 heterocycles. The molecule has 3 rings (SSSR count). The molecule has 7 heteroatoms. The second-order valence-corrected chi connectivity index (χ2v) is 7.77.